The van der Waals surface area contributed by atoms with Gasteiger partial charge in [-0.1, -0.05) is 40.9 Å². The van der Waals surface area contributed by atoms with Gasteiger partial charge in [-0.3, -0.25) is 14.9 Å². The SMILES string of the molecule is O=C(C=Cc1c(Cl)cccc1Cl)Nc1ccc(Cl)c([N+](=O)[O-])c1. The number of benzene rings is 2. The summed E-state index contributed by atoms with van der Waals surface area (Å²) in [6.07, 6.45) is 2.69. The lowest BCUT2D eigenvalue weighted by Gasteiger charge is -2.04. The zero-order valence-corrected chi connectivity index (χ0v) is 13.7. The van der Waals surface area contributed by atoms with Crippen molar-refractivity contribution in [3.05, 3.63) is 73.2 Å². The molecule has 0 spiro atoms. The van der Waals surface area contributed by atoms with Crippen LogP contribution in [0, 0.1) is 10.1 Å². The third-order valence-corrected chi connectivity index (χ3v) is 3.79. The molecule has 0 aliphatic carbocycles. The number of hydrogen-bond acceptors (Lipinski definition) is 3. The number of anilines is 1. The van der Waals surface area contributed by atoms with E-state index in [2.05, 4.69) is 5.32 Å². The van der Waals surface area contributed by atoms with E-state index in [4.69, 9.17) is 34.8 Å². The summed E-state index contributed by atoms with van der Waals surface area (Å²) in [4.78, 5) is 22.1. The second kappa shape index (κ2) is 7.46. The third-order valence-electron chi connectivity index (χ3n) is 2.81. The Bertz CT molecular complexity index is 786. The van der Waals surface area contributed by atoms with E-state index in [0.29, 0.717) is 15.6 Å². The molecule has 0 aliphatic heterocycles. The first-order valence-corrected chi connectivity index (χ1v) is 7.39. The van der Waals surface area contributed by atoms with Crippen LogP contribution >= 0.6 is 34.8 Å². The van der Waals surface area contributed by atoms with E-state index in [-0.39, 0.29) is 16.4 Å². The molecule has 0 bridgehead atoms. The van der Waals surface area contributed by atoms with Gasteiger partial charge in [-0.15, -0.1) is 0 Å². The lowest BCUT2D eigenvalue weighted by molar-refractivity contribution is -0.384. The number of nitrogens with zero attached hydrogens (tertiary/aromatic N) is 1. The second-order valence-electron chi connectivity index (χ2n) is 4.38. The summed E-state index contributed by atoms with van der Waals surface area (Å²) in [6, 6.07) is 8.96. The maximum absolute atomic E-state index is 11.9. The molecule has 5 nitrogen and oxygen atoms in total. The minimum absolute atomic E-state index is 0.00797. The Kier molecular flexibility index (Phi) is 5.60. The minimum Gasteiger partial charge on any atom is -0.322 e. The van der Waals surface area contributed by atoms with E-state index in [9.17, 15) is 14.9 Å². The maximum atomic E-state index is 11.9. The Morgan fingerprint density at radius 3 is 2.35 bits per heavy atom. The van der Waals surface area contributed by atoms with Crippen molar-refractivity contribution in [3.63, 3.8) is 0 Å². The lowest BCUT2D eigenvalue weighted by Crippen LogP contribution is -2.08. The van der Waals surface area contributed by atoms with Crippen molar-refractivity contribution in [2.75, 3.05) is 5.32 Å². The molecule has 0 fully saturated rings. The summed E-state index contributed by atoms with van der Waals surface area (Å²) in [7, 11) is 0. The number of nitrogens with one attached hydrogen (secondary N) is 1. The molecule has 1 amide bonds. The van der Waals surface area contributed by atoms with Crippen LogP contribution in [0.2, 0.25) is 15.1 Å². The first-order chi connectivity index (χ1) is 10.9. The number of carbonyl (C=O) groups excluding carboxylic acids is 1. The van der Waals surface area contributed by atoms with Gasteiger partial charge in [0.2, 0.25) is 5.91 Å². The molecule has 23 heavy (non-hydrogen) atoms. The van der Waals surface area contributed by atoms with Gasteiger partial charge in [0.05, 0.1) is 4.92 Å². The molecule has 8 heteroatoms. The molecule has 2 aromatic carbocycles. The highest BCUT2D eigenvalue weighted by atomic mass is 35.5. The fourth-order valence-electron chi connectivity index (χ4n) is 1.74. The summed E-state index contributed by atoms with van der Waals surface area (Å²) in [5.74, 6) is -0.488. The third kappa shape index (κ3) is 4.45. The van der Waals surface area contributed by atoms with Gasteiger partial charge >= 0.3 is 0 Å². The summed E-state index contributed by atoms with van der Waals surface area (Å²) < 4.78 is 0. The van der Waals surface area contributed by atoms with Crippen LogP contribution in [-0.4, -0.2) is 10.8 Å². The molecule has 0 heterocycles. The molecule has 2 aromatic rings. The van der Waals surface area contributed by atoms with E-state index in [1.54, 1.807) is 18.2 Å². The number of nitro benzene ring substituents is 1. The molecular formula is C15H9Cl3N2O3. The van der Waals surface area contributed by atoms with Crippen molar-refractivity contribution < 1.29 is 9.72 Å². The highest BCUT2D eigenvalue weighted by Crippen LogP contribution is 2.28. The summed E-state index contributed by atoms with van der Waals surface area (Å²) in [5, 5.41) is 14.1. The van der Waals surface area contributed by atoms with Crippen LogP contribution in [0.5, 0.6) is 0 Å². The number of halogens is 3. The predicted octanol–water partition coefficient (Wildman–Crippen LogP) is 5.21. The van der Waals surface area contributed by atoms with Crippen LogP contribution in [0.4, 0.5) is 11.4 Å². The summed E-state index contributed by atoms with van der Waals surface area (Å²) in [6.45, 7) is 0. The van der Waals surface area contributed by atoms with Gasteiger partial charge in [-0.25, -0.2) is 0 Å². The molecular weight excluding hydrogens is 363 g/mol. The van der Waals surface area contributed by atoms with E-state index in [1.165, 1.54) is 30.4 Å². The van der Waals surface area contributed by atoms with Crippen molar-refractivity contribution in [1.82, 2.24) is 0 Å². The minimum atomic E-state index is -0.628. The Morgan fingerprint density at radius 2 is 1.74 bits per heavy atom. The number of hydrogen-bond donors (Lipinski definition) is 1. The zero-order chi connectivity index (χ0) is 17.0. The van der Waals surface area contributed by atoms with Crippen LogP contribution in [0.15, 0.2) is 42.5 Å². The molecule has 0 unspecified atom stereocenters. The molecule has 1 N–H and O–H groups in total. The van der Waals surface area contributed by atoms with Crippen molar-refractivity contribution in [2.45, 2.75) is 0 Å². The van der Waals surface area contributed by atoms with Gasteiger partial charge in [-0.2, -0.15) is 0 Å². The molecule has 0 aromatic heterocycles. The highest BCUT2D eigenvalue weighted by molar-refractivity contribution is 6.37. The van der Waals surface area contributed by atoms with Crippen LogP contribution in [0.25, 0.3) is 6.08 Å². The van der Waals surface area contributed by atoms with Gasteiger partial charge in [0.25, 0.3) is 5.69 Å². The second-order valence-corrected chi connectivity index (χ2v) is 5.60. The zero-order valence-electron chi connectivity index (χ0n) is 11.4. The van der Waals surface area contributed by atoms with Crippen LogP contribution in [-0.2, 0) is 4.79 Å². The van der Waals surface area contributed by atoms with Crippen LogP contribution in [0.1, 0.15) is 5.56 Å². The van der Waals surface area contributed by atoms with Gasteiger partial charge in [0.15, 0.2) is 0 Å². The predicted molar refractivity (Wildman–Crippen MR) is 92.2 cm³/mol. The first-order valence-electron chi connectivity index (χ1n) is 6.25. The quantitative estimate of drug-likeness (QED) is 0.456. The topological polar surface area (TPSA) is 72.2 Å². The summed E-state index contributed by atoms with van der Waals surface area (Å²) in [5.41, 5.74) is 0.469. The Balaban J connectivity index is 2.15. The van der Waals surface area contributed by atoms with E-state index in [1.807, 2.05) is 0 Å². The molecule has 0 aliphatic rings. The van der Waals surface area contributed by atoms with Gasteiger partial charge in [0, 0.05) is 33.4 Å². The van der Waals surface area contributed by atoms with Crippen molar-refractivity contribution in [1.29, 1.82) is 0 Å². The largest absolute Gasteiger partial charge is 0.322 e. The van der Waals surface area contributed by atoms with Gasteiger partial charge in [0.1, 0.15) is 5.02 Å². The molecule has 0 saturated heterocycles. The van der Waals surface area contributed by atoms with Crippen LogP contribution in [0.3, 0.4) is 0 Å². The Labute approximate surface area is 146 Å². The fourth-order valence-corrected chi connectivity index (χ4v) is 2.45. The summed E-state index contributed by atoms with van der Waals surface area (Å²) >= 11 is 17.7. The van der Waals surface area contributed by atoms with Gasteiger partial charge in [-0.05, 0) is 30.3 Å². The van der Waals surface area contributed by atoms with Crippen molar-refractivity contribution in [3.8, 4) is 0 Å². The number of nitro groups is 1. The Morgan fingerprint density at radius 1 is 1.09 bits per heavy atom. The van der Waals surface area contributed by atoms with E-state index < -0.39 is 10.8 Å². The number of amides is 1. The first kappa shape index (κ1) is 17.3. The molecule has 0 atom stereocenters. The average molecular weight is 372 g/mol. The number of carbonyl (C=O) groups is 1. The smallest absolute Gasteiger partial charge is 0.289 e. The molecule has 0 radical (unpaired) electrons. The number of rotatable bonds is 4. The molecule has 0 saturated carbocycles. The fraction of sp³-hybridized carbons (Fsp3) is 0. The van der Waals surface area contributed by atoms with E-state index >= 15 is 0 Å². The lowest BCUT2D eigenvalue weighted by atomic mass is 10.2. The normalized spacial score (nSPS) is 10.7. The van der Waals surface area contributed by atoms with Crippen LogP contribution < -0.4 is 5.32 Å². The Hall–Kier alpha value is -2.08. The average Bonchev–Trinajstić information content (AvgIpc) is 2.48. The standard InChI is InChI=1S/C15H9Cl3N2O3/c16-11-2-1-3-12(17)10(11)5-7-15(21)19-9-4-6-13(18)14(8-9)20(22)23/h1-8H,(H,19,21). The highest BCUT2D eigenvalue weighted by Gasteiger charge is 2.13. The van der Waals surface area contributed by atoms with Gasteiger partial charge < -0.3 is 5.32 Å². The van der Waals surface area contributed by atoms with E-state index in [0.717, 1.165) is 0 Å². The van der Waals surface area contributed by atoms with Crippen molar-refractivity contribution >= 4 is 58.2 Å². The maximum Gasteiger partial charge on any atom is 0.289 e. The monoisotopic (exact) mass is 370 g/mol. The molecule has 118 valence electrons. The molecule has 2 rings (SSSR count). The van der Waals surface area contributed by atoms with Crippen molar-refractivity contribution in [2.24, 2.45) is 0 Å².